The lowest BCUT2D eigenvalue weighted by Gasteiger charge is -2.25. The van der Waals surface area contributed by atoms with Crippen LogP contribution < -0.4 is 4.90 Å². The summed E-state index contributed by atoms with van der Waals surface area (Å²) in [7, 11) is 0. The predicted octanol–water partition coefficient (Wildman–Crippen LogP) is 14.4. The molecule has 0 saturated carbocycles. The molecule has 0 aliphatic heterocycles. The second kappa shape index (κ2) is 10.6. The van der Waals surface area contributed by atoms with Crippen LogP contribution in [-0.4, -0.2) is 0 Å². The predicted molar refractivity (Wildman–Crippen MR) is 216 cm³/mol. The average Bonchev–Trinajstić information content (AvgIpc) is 3.97. The van der Waals surface area contributed by atoms with Gasteiger partial charge in [0.1, 0.15) is 44.7 Å². The summed E-state index contributed by atoms with van der Waals surface area (Å²) in [5, 5.41) is 8.73. The standard InChI is InChI=1S/C48H27NO4/c1-4-10-39-33(7-1)35-20-18-31(26-45(35)52-39)49(32-19-21-36-34-8-2-5-11-40(34)53-46(36)27-32)30-16-13-28(14-17-30)29-15-22-42-38(25-29)48-44(51-42)24-23-43-47(48)37-9-3-6-12-41(37)50-43/h1-27H. The van der Waals surface area contributed by atoms with Gasteiger partial charge in [0.15, 0.2) is 0 Å². The van der Waals surface area contributed by atoms with E-state index < -0.39 is 0 Å². The van der Waals surface area contributed by atoms with Crippen molar-refractivity contribution in [3.05, 3.63) is 164 Å². The first-order valence-corrected chi connectivity index (χ1v) is 17.7. The van der Waals surface area contributed by atoms with Gasteiger partial charge in [0.05, 0.1) is 0 Å². The van der Waals surface area contributed by atoms with E-state index in [1.165, 1.54) is 0 Å². The lowest BCUT2D eigenvalue weighted by molar-refractivity contribution is 0.663. The smallest absolute Gasteiger partial charge is 0.137 e. The fourth-order valence-electron chi connectivity index (χ4n) is 8.22. The minimum atomic E-state index is 0.843. The highest BCUT2D eigenvalue weighted by Gasteiger charge is 2.19. The summed E-state index contributed by atoms with van der Waals surface area (Å²) in [5.74, 6) is 0. The summed E-state index contributed by atoms with van der Waals surface area (Å²) in [6.45, 7) is 0. The third kappa shape index (κ3) is 4.19. The van der Waals surface area contributed by atoms with Gasteiger partial charge in [0.25, 0.3) is 0 Å². The Labute approximate surface area is 301 Å². The highest BCUT2D eigenvalue weighted by molar-refractivity contribution is 6.26. The first kappa shape index (κ1) is 28.5. The molecule has 0 unspecified atom stereocenters. The zero-order valence-electron chi connectivity index (χ0n) is 28.2. The summed E-state index contributed by atoms with van der Waals surface area (Å²) in [6.07, 6.45) is 0. The summed E-state index contributed by atoms with van der Waals surface area (Å²) < 4.78 is 25.3. The van der Waals surface area contributed by atoms with E-state index in [0.717, 1.165) is 116 Å². The van der Waals surface area contributed by atoms with Gasteiger partial charge in [-0.25, -0.2) is 0 Å². The number of fused-ring (bicyclic) bond motifs is 13. The third-order valence-corrected chi connectivity index (χ3v) is 10.7. The monoisotopic (exact) mass is 681 g/mol. The van der Waals surface area contributed by atoms with Crippen LogP contribution in [0, 0.1) is 0 Å². The van der Waals surface area contributed by atoms with Gasteiger partial charge in [-0.3, -0.25) is 0 Å². The first-order valence-electron chi connectivity index (χ1n) is 17.7. The molecule has 53 heavy (non-hydrogen) atoms. The van der Waals surface area contributed by atoms with Crippen molar-refractivity contribution in [2.75, 3.05) is 4.90 Å². The van der Waals surface area contributed by atoms with Gasteiger partial charge in [0.2, 0.25) is 0 Å². The normalized spacial score (nSPS) is 12.2. The van der Waals surface area contributed by atoms with Gasteiger partial charge in [-0.15, -0.1) is 0 Å². The fourth-order valence-corrected chi connectivity index (χ4v) is 8.22. The Morgan fingerprint density at radius 1 is 0.264 bits per heavy atom. The highest BCUT2D eigenvalue weighted by Crippen LogP contribution is 2.43. The van der Waals surface area contributed by atoms with Gasteiger partial charge in [-0.05, 0) is 90.0 Å². The second-order valence-electron chi connectivity index (χ2n) is 13.7. The van der Waals surface area contributed by atoms with Crippen molar-refractivity contribution in [3.8, 4) is 11.1 Å². The molecule has 5 nitrogen and oxygen atoms in total. The molecule has 12 rings (SSSR count). The Hall–Kier alpha value is -7.24. The van der Waals surface area contributed by atoms with Crippen LogP contribution in [0.1, 0.15) is 0 Å². The van der Waals surface area contributed by atoms with Gasteiger partial charge in [-0.1, -0.05) is 72.8 Å². The van der Waals surface area contributed by atoms with E-state index in [1.54, 1.807) is 0 Å². The van der Waals surface area contributed by atoms with Crippen LogP contribution in [0.4, 0.5) is 17.1 Å². The van der Waals surface area contributed by atoms with Gasteiger partial charge < -0.3 is 22.6 Å². The number of benzene rings is 8. The molecule has 248 valence electrons. The molecule has 12 aromatic rings. The van der Waals surface area contributed by atoms with Gasteiger partial charge >= 0.3 is 0 Å². The molecule has 0 saturated heterocycles. The van der Waals surface area contributed by atoms with Crippen LogP contribution in [0.15, 0.2) is 181 Å². The van der Waals surface area contributed by atoms with Crippen molar-refractivity contribution in [2.24, 2.45) is 0 Å². The molecular weight excluding hydrogens is 655 g/mol. The molecule has 4 aromatic heterocycles. The van der Waals surface area contributed by atoms with E-state index in [1.807, 2.05) is 60.7 Å². The van der Waals surface area contributed by atoms with Gasteiger partial charge in [0, 0.05) is 72.3 Å². The number of rotatable bonds is 4. The molecule has 4 heterocycles. The number of nitrogens with zero attached hydrogens (tertiary/aromatic N) is 1. The molecule has 0 aliphatic carbocycles. The molecule has 8 aromatic carbocycles. The summed E-state index contributed by atoms with van der Waals surface area (Å²) in [5.41, 5.74) is 12.1. The van der Waals surface area contributed by atoms with Crippen LogP contribution in [0.5, 0.6) is 0 Å². The molecule has 0 radical (unpaired) electrons. The van der Waals surface area contributed by atoms with E-state index in [0.29, 0.717) is 0 Å². The second-order valence-corrected chi connectivity index (χ2v) is 13.7. The third-order valence-electron chi connectivity index (χ3n) is 10.7. The van der Waals surface area contributed by atoms with E-state index in [4.69, 9.17) is 17.7 Å². The van der Waals surface area contributed by atoms with Crippen molar-refractivity contribution >= 4 is 105 Å². The number of anilines is 3. The Morgan fingerprint density at radius 2 is 0.679 bits per heavy atom. The van der Waals surface area contributed by atoms with E-state index in [-0.39, 0.29) is 0 Å². The maximum Gasteiger partial charge on any atom is 0.137 e. The van der Waals surface area contributed by atoms with E-state index >= 15 is 0 Å². The van der Waals surface area contributed by atoms with Crippen molar-refractivity contribution in [1.82, 2.24) is 0 Å². The lowest BCUT2D eigenvalue weighted by atomic mass is 10.00. The first-order chi connectivity index (χ1) is 26.2. The summed E-state index contributed by atoms with van der Waals surface area (Å²) in [4.78, 5) is 2.26. The van der Waals surface area contributed by atoms with Crippen LogP contribution in [0.3, 0.4) is 0 Å². The molecule has 5 heteroatoms. The minimum absolute atomic E-state index is 0.843. The van der Waals surface area contributed by atoms with E-state index in [9.17, 15) is 0 Å². The largest absolute Gasteiger partial charge is 0.456 e. The minimum Gasteiger partial charge on any atom is -0.456 e. The van der Waals surface area contributed by atoms with Crippen molar-refractivity contribution in [3.63, 3.8) is 0 Å². The Balaban J connectivity index is 1.00. The molecule has 0 N–H and O–H groups in total. The van der Waals surface area contributed by atoms with Crippen LogP contribution in [-0.2, 0) is 0 Å². The maximum absolute atomic E-state index is 6.35. The Morgan fingerprint density at radius 3 is 1.28 bits per heavy atom. The molecule has 0 amide bonds. The van der Waals surface area contributed by atoms with E-state index in [2.05, 4.69) is 108 Å². The maximum atomic E-state index is 6.35. The molecule has 0 atom stereocenters. The zero-order valence-corrected chi connectivity index (χ0v) is 28.2. The molecule has 0 fully saturated rings. The lowest BCUT2D eigenvalue weighted by Crippen LogP contribution is -2.09. The number of hydrogen-bond acceptors (Lipinski definition) is 5. The molecular formula is C48H27NO4. The van der Waals surface area contributed by atoms with Crippen molar-refractivity contribution < 1.29 is 17.7 Å². The molecule has 0 aliphatic rings. The number of hydrogen-bond donors (Lipinski definition) is 0. The van der Waals surface area contributed by atoms with Crippen molar-refractivity contribution in [2.45, 2.75) is 0 Å². The quantitative estimate of drug-likeness (QED) is 0.185. The number of furan rings is 4. The SMILES string of the molecule is c1ccc2c(c1)oc1cc(N(c3ccc(-c4ccc5oc6ccc7oc8ccccc8c7c6c5c4)cc3)c3ccc4c(c3)oc3ccccc34)ccc12. The number of para-hydroxylation sites is 3. The van der Waals surface area contributed by atoms with Crippen molar-refractivity contribution in [1.29, 1.82) is 0 Å². The Kier molecular flexibility index (Phi) is 5.71. The highest BCUT2D eigenvalue weighted by atomic mass is 16.3. The molecule has 0 spiro atoms. The van der Waals surface area contributed by atoms with Crippen LogP contribution in [0.2, 0.25) is 0 Å². The average molecular weight is 682 g/mol. The fraction of sp³-hybridized carbons (Fsp3) is 0. The topological polar surface area (TPSA) is 55.8 Å². The van der Waals surface area contributed by atoms with Gasteiger partial charge in [-0.2, -0.15) is 0 Å². The van der Waals surface area contributed by atoms with Crippen LogP contribution >= 0.6 is 0 Å². The van der Waals surface area contributed by atoms with Crippen LogP contribution in [0.25, 0.3) is 98.9 Å². The summed E-state index contributed by atoms with van der Waals surface area (Å²) in [6, 6.07) is 56.7. The summed E-state index contributed by atoms with van der Waals surface area (Å²) >= 11 is 0. The zero-order chi connectivity index (χ0) is 34.6. The molecule has 0 bridgehead atoms. The Bertz CT molecular complexity index is 3300.